The van der Waals surface area contributed by atoms with E-state index < -0.39 is 0 Å². The van der Waals surface area contributed by atoms with Crippen molar-refractivity contribution in [2.45, 2.75) is 25.3 Å². The minimum atomic E-state index is 0.0293. The molecule has 0 aromatic carbocycles. The molecule has 0 amide bonds. The van der Waals surface area contributed by atoms with Gasteiger partial charge in [-0.1, -0.05) is 0 Å². The Balaban J connectivity index is 1.64. The average molecular weight is 195 g/mol. The molecular formula is C11H17NO2. The summed E-state index contributed by atoms with van der Waals surface area (Å²) in [5.74, 6) is 1.46. The molecule has 4 aliphatic rings. The highest BCUT2D eigenvalue weighted by Gasteiger charge is 2.52. The smallest absolute Gasteiger partial charge is 0.309 e. The second-order valence-electron chi connectivity index (χ2n) is 4.99. The summed E-state index contributed by atoms with van der Waals surface area (Å²) in [5, 5.41) is 0. The molecule has 2 aliphatic carbocycles. The van der Waals surface area contributed by atoms with Gasteiger partial charge in [-0.15, -0.1) is 0 Å². The zero-order valence-electron chi connectivity index (χ0n) is 8.61. The standard InChI is InChI=1S/C11H17NO2/c1-14-11(13)10-7-4-8(10)6-12(5-7)9-2-3-9/h7-10H,2-6H2,1H3. The molecule has 0 aromatic rings. The molecule has 2 saturated heterocycles. The summed E-state index contributed by atoms with van der Waals surface area (Å²) in [6, 6.07) is 0.860. The number of ether oxygens (including phenoxy) is 1. The summed E-state index contributed by atoms with van der Waals surface area (Å²) in [7, 11) is 1.51. The van der Waals surface area contributed by atoms with Gasteiger partial charge >= 0.3 is 5.97 Å². The van der Waals surface area contributed by atoms with Gasteiger partial charge in [0.15, 0.2) is 0 Å². The van der Waals surface area contributed by atoms with Gasteiger partial charge in [0.05, 0.1) is 13.0 Å². The van der Waals surface area contributed by atoms with Crippen molar-refractivity contribution in [1.82, 2.24) is 4.90 Å². The maximum absolute atomic E-state index is 11.5. The highest BCUT2D eigenvalue weighted by molar-refractivity contribution is 5.74. The lowest BCUT2D eigenvalue weighted by atomic mass is 9.61. The van der Waals surface area contributed by atoms with Crippen molar-refractivity contribution in [3.05, 3.63) is 0 Å². The molecule has 2 saturated carbocycles. The number of carbonyl (C=O) groups excluding carboxylic acids is 1. The minimum absolute atomic E-state index is 0.0293. The largest absolute Gasteiger partial charge is 0.469 e. The molecule has 2 unspecified atom stereocenters. The van der Waals surface area contributed by atoms with E-state index in [1.54, 1.807) is 0 Å². The third-order valence-electron chi connectivity index (χ3n) is 4.10. The van der Waals surface area contributed by atoms with Gasteiger partial charge in [0.2, 0.25) is 0 Å². The first-order valence-corrected chi connectivity index (χ1v) is 5.61. The first-order chi connectivity index (χ1) is 6.79. The van der Waals surface area contributed by atoms with Crippen LogP contribution >= 0.6 is 0 Å². The van der Waals surface area contributed by atoms with Crippen molar-refractivity contribution in [2.24, 2.45) is 17.8 Å². The van der Waals surface area contributed by atoms with Crippen LogP contribution in [-0.4, -0.2) is 37.1 Å². The van der Waals surface area contributed by atoms with Crippen LogP contribution in [0.3, 0.4) is 0 Å². The number of carbonyl (C=O) groups is 1. The van der Waals surface area contributed by atoms with Gasteiger partial charge in [0.1, 0.15) is 0 Å². The van der Waals surface area contributed by atoms with E-state index in [-0.39, 0.29) is 11.9 Å². The molecule has 0 N–H and O–H groups in total. The van der Waals surface area contributed by atoms with Crippen LogP contribution in [0.2, 0.25) is 0 Å². The van der Waals surface area contributed by atoms with Gasteiger partial charge in [0, 0.05) is 19.1 Å². The van der Waals surface area contributed by atoms with Gasteiger partial charge in [-0.05, 0) is 31.1 Å². The van der Waals surface area contributed by atoms with Gasteiger partial charge in [-0.3, -0.25) is 9.69 Å². The fourth-order valence-electron chi connectivity index (χ4n) is 3.18. The van der Waals surface area contributed by atoms with E-state index in [0.717, 1.165) is 19.1 Å². The van der Waals surface area contributed by atoms with E-state index in [1.165, 1.54) is 26.4 Å². The number of methoxy groups -OCH3 is 1. The number of hydrogen-bond donors (Lipinski definition) is 0. The Morgan fingerprint density at radius 1 is 1.29 bits per heavy atom. The quantitative estimate of drug-likeness (QED) is 0.613. The Bertz CT molecular complexity index is 250. The van der Waals surface area contributed by atoms with Gasteiger partial charge in [-0.25, -0.2) is 0 Å². The second-order valence-corrected chi connectivity index (χ2v) is 4.99. The normalized spacial score (nSPS) is 41.6. The summed E-state index contributed by atoms with van der Waals surface area (Å²) in [5.41, 5.74) is 0. The molecule has 2 heterocycles. The van der Waals surface area contributed by atoms with E-state index in [4.69, 9.17) is 4.74 Å². The molecule has 2 aliphatic heterocycles. The fraction of sp³-hybridized carbons (Fsp3) is 0.909. The predicted octanol–water partition coefficient (Wildman–Crippen LogP) is 0.890. The zero-order valence-corrected chi connectivity index (χ0v) is 8.61. The van der Waals surface area contributed by atoms with Crippen molar-refractivity contribution in [3.8, 4) is 0 Å². The Morgan fingerprint density at radius 2 is 1.93 bits per heavy atom. The fourth-order valence-corrected chi connectivity index (χ4v) is 3.18. The molecule has 0 spiro atoms. The molecule has 3 heteroatoms. The zero-order chi connectivity index (χ0) is 9.71. The molecule has 4 rings (SSSR count). The number of rotatable bonds is 2. The highest BCUT2D eigenvalue weighted by atomic mass is 16.5. The Kier molecular flexibility index (Phi) is 1.84. The lowest BCUT2D eigenvalue weighted by Crippen LogP contribution is -2.58. The SMILES string of the molecule is COC(=O)C1C2CC1CN(C1CC1)C2. The molecule has 2 bridgehead atoms. The molecule has 2 atom stereocenters. The first kappa shape index (κ1) is 8.72. The van der Waals surface area contributed by atoms with Gasteiger partial charge in [0.25, 0.3) is 0 Å². The molecule has 3 nitrogen and oxygen atoms in total. The van der Waals surface area contributed by atoms with Crippen LogP contribution in [0.15, 0.2) is 0 Å². The van der Waals surface area contributed by atoms with Gasteiger partial charge in [-0.2, -0.15) is 0 Å². The van der Waals surface area contributed by atoms with Crippen molar-refractivity contribution in [2.75, 3.05) is 20.2 Å². The summed E-state index contributed by atoms with van der Waals surface area (Å²) in [6.07, 6.45) is 4.01. The third kappa shape index (κ3) is 1.18. The highest BCUT2D eigenvalue weighted by Crippen LogP contribution is 2.48. The van der Waals surface area contributed by atoms with E-state index in [1.807, 2.05) is 0 Å². The average Bonchev–Trinajstić information content (AvgIpc) is 3.00. The molecule has 4 fully saturated rings. The van der Waals surface area contributed by atoms with E-state index in [0.29, 0.717) is 11.8 Å². The molecular weight excluding hydrogens is 178 g/mol. The topological polar surface area (TPSA) is 29.5 Å². The Hall–Kier alpha value is -0.570. The minimum Gasteiger partial charge on any atom is -0.469 e. The van der Waals surface area contributed by atoms with E-state index >= 15 is 0 Å². The first-order valence-electron chi connectivity index (χ1n) is 5.61. The number of fused-ring (bicyclic) bond motifs is 2. The number of hydrogen-bond acceptors (Lipinski definition) is 3. The lowest BCUT2D eigenvalue weighted by Gasteiger charge is -2.52. The maximum atomic E-state index is 11.5. The Labute approximate surface area is 84.4 Å². The third-order valence-corrected chi connectivity index (χ3v) is 4.10. The molecule has 0 aromatic heterocycles. The Morgan fingerprint density at radius 3 is 2.43 bits per heavy atom. The number of nitrogens with zero attached hydrogens (tertiary/aromatic N) is 1. The predicted molar refractivity (Wildman–Crippen MR) is 51.7 cm³/mol. The van der Waals surface area contributed by atoms with E-state index in [9.17, 15) is 4.79 Å². The molecule has 14 heavy (non-hydrogen) atoms. The molecule has 0 radical (unpaired) electrons. The summed E-state index contributed by atoms with van der Waals surface area (Å²) >= 11 is 0. The van der Waals surface area contributed by atoms with Crippen molar-refractivity contribution in [3.63, 3.8) is 0 Å². The maximum Gasteiger partial charge on any atom is 0.309 e. The lowest BCUT2D eigenvalue weighted by molar-refractivity contribution is -0.163. The van der Waals surface area contributed by atoms with E-state index in [2.05, 4.69) is 4.90 Å². The summed E-state index contributed by atoms with van der Waals surface area (Å²) in [6.45, 7) is 2.28. The van der Waals surface area contributed by atoms with Crippen molar-refractivity contribution >= 4 is 5.97 Å². The van der Waals surface area contributed by atoms with Crippen LogP contribution in [0.5, 0.6) is 0 Å². The number of piperidine rings is 2. The van der Waals surface area contributed by atoms with Crippen LogP contribution in [0, 0.1) is 17.8 Å². The number of esters is 1. The molecule has 78 valence electrons. The van der Waals surface area contributed by atoms with Crippen LogP contribution in [0.1, 0.15) is 19.3 Å². The van der Waals surface area contributed by atoms with Crippen molar-refractivity contribution in [1.29, 1.82) is 0 Å². The van der Waals surface area contributed by atoms with Crippen LogP contribution < -0.4 is 0 Å². The van der Waals surface area contributed by atoms with Crippen LogP contribution in [0.4, 0.5) is 0 Å². The van der Waals surface area contributed by atoms with Crippen molar-refractivity contribution < 1.29 is 9.53 Å². The van der Waals surface area contributed by atoms with Crippen LogP contribution in [0.25, 0.3) is 0 Å². The van der Waals surface area contributed by atoms with Crippen LogP contribution in [-0.2, 0) is 9.53 Å². The summed E-state index contributed by atoms with van der Waals surface area (Å²) < 4.78 is 4.84. The monoisotopic (exact) mass is 195 g/mol. The van der Waals surface area contributed by atoms with Gasteiger partial charge < -0.3 is 4.74 Å². The summed E-state index contributed by atoms with van der Waals surface area (Å²) in [4.78, 5) is 14.0. The second kappa shape index (κ2) is 2.96.